The molecule has 1 heterocycles. The molecule has 0 saturated heterocycles. The summed E-state index contributed by atoms with van der Waals surface area (Å²) in [7, 11) is 2.05. The Morgan fingerprint density at radius 2 is 1.96 bits per heavy atom. The first-order valence-electron chi connectivity index (χ1n) is 9.04. The van der Waals surface area contributed by atoms with Gasteiger partial charge in [0.1, 0.15) is 5.82 Å². The second-order valence-electron chi connectivity index (χ2n) is 6.96. The van der Waals surface area contributed by atoms with Gasteiger partial charge in [-0.1, -0.05) is 38.1 Å². The Morgan fingerprint density at radius 1 is 1.31 bits per heavy atom. The Balaban J connectivity index is 2.07. The SMILES string of the molecule is CCn1c(CCC(N)=O)nn(CN(C)Cc2ccc(C(C)C)cc2)c1=S. The van der Waals surface area contributed by atoms with Gasteiger partial charge in [-0.2, -0.15) is 5.10 Å². The summed E-state index contributed by atoms with van der Waals surface area (Å²) >= 11 is 5.54. The molecule has 1 aromatic heterocycles. The van der Waals surface area contributed by atoms with Crippen molar-refractivity contribution in [1.29, 1.82) is 0 Å². The lowest BCUT2D eigenvalue weighted by molar-refractivity contribution is -0.118. The minimum atomic E-state index is -0.324. The minimum absolute atomic E-state index is 0.282. The molecule has 1 amide bonds. The number of rotatable bonds is 9. The third-order valence-corrected chi connectivity index (χ3v) is 4.82. The van der Waals surface area contributed by atoms with E-state index in [1.807, 2.05) is 23.2 Å². The van der Waals surface area contributed by atoms with E-state index in [4.69, 9.17) is 18.0 Å². The predicted octanol–water partition coefficient (Wildman–Crippen LogP) is 3.06. The minimum Gasteiger partial charge on any atom is -0.370 e. The third kappa shape index (κ3) is 5.25. The lowest BCUT2D eigenvalue weighted by atomic mass is 10.0. The van der Waals surface area contributed by atoms with E-state index in [-0.39, 0.29) is 12.3 Å². The van der Waals surface area contributed by atoms with Crippen LogP contribution in [-0.4, -0.2) is 32.2 Å². The first-order chi connectivity index (χ1) is 12.3. The van der Waals surface area contributed by atoms with Crippen LogP contribution in [-0.2, 0) is 31.0 Å². The highest BCUT2D eigenvalue weighted by atomic mass is 32.1. The Morgan fingerprint density at radius 3 is 2.50 bits per heavy atom. The monoisotopic (exact) mass is 375 g/mol. The van der Waals surface area contributed by atoms with E-state index >= 15 is 0 Å². The number of aromatic nitrogens is 3. The second-order valence-corrected chi connectivity index (χ2v) is 7.33. The largest absolute Gasteiger partial charge is 0.370 e. The number of hydrogen-bond donors (Lipinski definition) is 1. The Bertz CT molecular complexity index is 791. The van der Waals surface area contributed by atoms with Gasteiger partial charge < -0.3 is 10.3 Å². The number of carbonyl (C=O) groups excluding carboxylic acids is 1. The number of hydrogen-bond acceptors (Lipinski definition) is 4. The molecule has 6 nitrogen and oxygen atoms in total. The lowest BCUT2D eigenvalue weighted by Gasteiger charge is -2.17. The van der Waals surface area contributed by atoms with Gasteiger partial charge in [-0.05, 0) is 43.2 Å². The van der Waals surface area contributed by atoms with Crippen molar-refractivity contribution in [3.05, 3.63) is 46.0 Å². The van der Waals surface area contributed by atoms with Crippen LogP contribution in [0.3, 0.4) is 0 Å². The van der Waals surface area contributed by atoms with Crippen LogP contribution in [0.2, 0.25) is 0 Å². The highest BCUT2D eigenvalue weighted by Crippen LogP contribution is 2.15. The van der Waals surface area contributed by atoms with Gasteiger partial charge in [0.2, 0.25) is 5.91 Å². The summed E-state index contributed by atoms with van der Waals surface area (Å²) in [4.78, 5) is 13.2. The predicted molar refractivity (Wildman–Crippen MR) is 106 cm³/mol. The Kier molecular flexibility index (Phi) is 7.11. The van der Waals surface area contributed by atoms with Gasteiger partial charge in [0.25, 0.3) is 0 Å². The molecule has 142 valence electrons. The molecule has 0 fully saturated rings. The van der Waals surface area contributed by atoms with E-state index in [9.17, 15) is 4.79 Å². The van der Waals surface area contributed by atoms with Crippen LogP contribution < -0.4 is 5.73 Å². The van der Waals surface area contributed by atoms with Crippen LogP contribution in [0.15, 0.2) is 24.3 Å². The molecule has 26 heavy (non-hydrogen) atoms. The van der Waals surface area contributed by atoms with Crippen molar-refractivity contribution in [2.75, 3.05) is 7.05 Å². The van der Waals surface area contributed by atoms with E-state index < -0.39 is 0 Å². The summed E-state index contributed by atoms with van der Waals surface area (Å²) in [6.07, 6.45) is 0.796. The molecule has 2 N–H and O–H groups in total. The van der Waals surface area contributed by atoms with Crippen LogP contribution in [0.1, 0.15) is 50.1 Å². The van der Waals surface area contributed by atoms with Crippen LogP contribution in [0.4, 0.5) is 0 Å². The van der Waals surface area contributed by atoms with Crippen LogP contribution in [0, 0.1) is 4.77 Å². The summed E-state index contributed by atoms with van der Waals surface area (Å²) in [6, 6.07) is 8.72. The number of aryl methyl sites for hydroxylation is 1. The fraction of sp³-hybridized carbons (Fsp3) is 0.526. The van der Waals surface area contributed by atoms with E-state index in [1.54, 1.807) is 0 Å². The van der Waals surface area contributed by atoms with Gasteiger partial charge in [-0.3, -0.25) is 9.69 Å². The lowest BCUT2D eigenvalue weighted by Crippen LogP contribution is -2.22. The molecule has 0 spiro atoms. The zero-order valence-corrected chi connectivity index (χ0v) is 16.9. The van der Waals surface area contributed by atoms with Crippen molar-refractivity contribution in [3.63, 3.8) is 0 Å². The van der Waals surface area contributed by atoms with Gasteiger partial charge in [0, 0.05) is 25.9 Å². The maximum absolute atomic E-state index is 11.1. The van der Waals surface area contributed by atoms with Crippen LogP contribution >= 0.6 is 12.2 Å². The maximum atomic E-state index is 11.1. The summed E-state index contributed by atoms with van der Waals surface area (Å²) in [6.45, 7) is 8.56. The number of benzene rings is 1. The van der Waals surface area contributed by atoms with Crippen LogP contribution in [0.5, 0.6) is 0 Å². The Labute approximate surface area is 160 Å². The molecule has 0 bridgehead atoms. The van der Waals surface area contributed by atoms with Crippen LogP contribution in [0.25, 0.3) is 0 Å². The zero-order valence-electron chi connectivity index (χ0n) is 16.1. The second kappa shape index (κ2) is 9.09. The summed E-state index contributed by atoms with van der Waals surface area (Å²) in [5.41, 5.74) is 7.86. The molecule has 0 unspecified atom stereocenters. The average Bonchev–Trinajstić information content (AvgIpc) is 2.88. The van der Waals surface area contributed by atoms with Crippen molar-refractivity contribution >= 4 is 18.1 Å². The fourth-order valence-electron chi connectivity index (χ4n) is 2.91. The molecule has 2 aromatic rings. The van der Waals surface area contributed by atoms with Crippen molar-refractivity contribution < 1.29 is 4.79 Å². The van der Waals surface area contributed by atoms with E-state index in [0.717, 1.165) is 18.9 Å². The highest BCUT2D eigenvalue weighted by molar-refractivity contribution is 7.71. The molecule has 7 heteroatoms. The highest BCUT2D eigenvalue weighted by Gasteiger charge is 2.12. The van der Waals surface area contributed by atoms with Gasteiger partial charge in [0.05, 0.1) is 6.67 Å². The quantitative estimate of drug-likeness (QED) is 0.684. The summed E-state index contributed by atoms with van der Waals surface area (Å²) < 4.78 is 4.45. The number of nitrogens with two attached hydrogens (primary N) is 1. The Hall–Kier alpha value is -1.99. The molecular weight excluding hydrogens is 346 g/mol. The first-order valence-corrected chi connectivity index (χ1v) is 9.44. The molecule has 0 atom stereocenters. The summed E-state index contributed by atoms with van der Waals surface area (Å²) in [5.74, 6) is 1.03. The van der Waals surface area contributed by atoms with Gasteiger partial charge >= 0.3 is 0 Å². The first kappa shape index (κ1) is 20.3. The molecule has 2 rings (SSSR count). The van der Waals surface area contributed by atoms with Crippen molar-refractivity contribution in [2.45, 2.75) is 59.3 Å². The van der Waals surface area contributed by atoms with Crippen molar-refractivity contribution in [1.82, 2.24) is 19.2 Å². The van der Waals surface area contributed by atoms with E-state index in [2.05, 4.69) is 48.1 Å². The van der Waals surface area contributed by atoms with E-state index in [1.165, 1.54) is 11.1 Å². The van der Waals surface area contributed by atoms with Gasteiger partial charge in [-0.15, -0.1) is 0 Å². The number of primary amides is 1. The number of carbonyl (C=O) groups is 1. The normalized spacial score (nSPS) is 11.5. The van der Waals surface area contributed by atoms with E-state index in [0.29, 0.717) is 23.8 Å². The summed E-state index contributed by atoms with van der Waals surface area (Å²) in [5, 5.41) is 4.60. The average molecular weight is 376 g/mol. The molecule has 0 radical (unpaired) electrons. The molecule has 0 aliphatic carbocycles. The number of nitrogens with zero attached hydrogens (tertiary/aromatic N) is 4. The smallest absolute Gasteiger partial charge is 0.217 e. The molecule has 1 aromatic carbocycles. The van der Waals surface area contributed by atoms with Gasteiger partial charge in [-0.25, -0.2) is 4.68 Å². The van der Waals surface area contributed by atoms with Gasteiger partial charge in [0.15, 0.2) is 4.77 Å². The number of amides is 1. The van der Waals surface area contributed by atoms with Crippen molar-refractivity contribution in [3.8, 4) is 0 Å². The standard InChI is InChI=1S/C19H29N5OS/c1-5-23-18(11-10-17(20)25)21-24(19(23)26)13-22(4)12-15-6-8-16(9-7-15)14(2)3/h6-9,14H,5,10-13H2,1-4H3,(H2,20,25). The molecule has 0 aliphatic heterocycles. The molecular formula is C19H29N5OS. The fourth-order valence-corrected chi connectivity index (χ4v) is 3.25. The molecule has 0 saturated carbocycles. The molecule has 0 aliphatic rings. The topological polar surface area (TPSA) is 69.1 Å². The zero-order chi connectivity index (χ0) is 19.3. The maximum Gasteiger partial charge on any atom is 0.217 e. The van der Waals surface area contributed by atoms with Crippen molar-refractivity contribution in [2.24, 2.45) is 5.73 Å². The third-order valence-electron chi connectivity index (χ3n) is 4.38.